The minimum Gasteiger partial charge on any atom is -0.733 e. The van der Waals surface area contributed by atoms with Gasteiger partial charge in [-0.2, -0.15) is 5.10 Å². The Labute approximate surface area is 207 Å². The summed E-state index contributed by atoms with van der Waals surface area (Å²) in [4.78, 5) is 14.4. The Morgan fingerprint density at radius 2 is 1.22 bits per heavy atom. The summed E-state index contributed by atoms with van der Waals surface area (Å²) in [7, 11) is 6.92. The number of benzene rings is 3. The average molecular weight is 495 g/mol. The molecule has 0 aromatic heterocycles. The van der Waals surface area contributed by atoms with Gasteiger partial charge in [-0.25, -0.2) is 0 Å². The SMILES string of the molecule is CN(C)c1ccc(C(=NNc2ccc(C(=O)[O-])cc2)c2ccc(N(C)C)c(N(O)O)c2)cc1N([O-])O. The monoisotopic (exact) mass is 494 g/mol. The van der Waals surface area contributed by atoms with Crippen LogP contribution in [0.1, 0.15) is 21.5 Å². The maximum Gasteiger partial charge on any atom is 0.118 e. The van der Waals surface area contributed by atoms with Crippen molar-refractivity contribution in [2.24, 2.45) is 5.10 Å². The van der Waals surface area contributed by atoms with Gasteiger partial charge in [0.2, 0.25) is 0 Å². The molecule has 0 aliphatic carbocycles. The van der Waals surface area contributed by atoms with Crippen molar-refractivity contribution in [1.82, 2.24) is 0 Å². The summed E-state index contributed by atoms with van der Waals surface area (Å²) >= 11 is 0. The lowest BCUT2D eigenvalue weighted by atomic mass is 10.00. The molecule has 0 unspecified atom stereocenters. The molecule has 0 atom stereocenters. The molecule has 0 aliphatic heterocycles. The fraction of sp³-hybridized carbons (Fsp3) is 0.167. The second kappa shape index (κ2) is 10.9. The molecular formula is C24H26N6O6-2. The van der Waals surface area contributed by atoms with Crippen molar-refractivity contribution in [2.45, 2.75) is 0 Å². The van der Waals surface area contributed by atoms with Crippen LogP contribution in [0.25, 0.3) is 0 Å². The molecule has 3 aromatic rings. The Morgan fingerprint density at radius 3 is 1.67 bits per heavy atom. The van der Waals surface area contributed by atoms with Gasteiger partial charge in [-0.05, 0) is 42.0 Å². The number of aromatic carboxylic acids is 1. The number of hydrazone groups is 1. The highest BCUT2D eigenvalue weighted by Crippen LogP contribution is 2.32. The van der Waals surface area contributed by atoms with E-state index in [2.05, 4.69) is 10.5 Å². The predicted molar refractivity (Wildman–Crippen MR) is 135 cm³/mol. The zero-order valence-corrected chi connectivity index (χ0v) is 20.1. The second-order valence-electron chi connectivity index (χ2n) is 8.20. The molecule has 0 saturated heterocycles. The van der Waals surface area contributed by atoms with E-state index in [0.29, 0.717) is 33.9 Å². The van der Waals surface area contributed by atoms with Gasteiger partial charge in [-0.3, -0.25) is 21.0 Å². The average Bonchev–Trinajstić information content (AvgIpc) is 2.83. The first kappa shape index (κ1) is 26.2. The number of carboxylic acids is 1. The summed E-state index contributed by atoms with van der Waals surface area (Å²) in [5, 5.41) is 56.4. The highest BCUT2D eigenvalue weighted by molar-refractivity contribution is 6.14. The third-order valence-corrected chi connectivity index (χ3v) is 5.30. The van der Waals surface area contributed by atoms with E-state index in [9.17, 15) is 30.7 Å². The van der Waals surface area contributed by atoms with Crippen molar-refractivity contribution in [1.29, 1.82) is 0 Å². The summed E-state index contributed by atoms with van der Waals surface area (Å²) in [6, 6.07) is 15.3. The molecule has 0 amide bonds. The van der Waals surface area contributed by atoms with Crippen LogP contribution < -0.4 is 30.8 Å². The molecule has 4 N–H and O–H groups in total. The van der Waals surface area contributed by atoms with Gasteiger partial charge >= 0.3 is 0 Å². The number of carbonyl (C=O) groups excluding carboxylic acids is 1. The summed E-state index contributed by atoms with van der Waals surface area (Å²) in [5.74, 6) is -1.31. The van der Waals surface area contributed by atoms with E-state index in [0.717, 1.165) is 0 Å². The van der Waals surface area contributed by atoms with Gasteiger partial charge in [0.1, 0.15) is 5.69 Å². The van der Waals surface area contributed by atoms with Crippen molar-refractivity contribution in [3.8, 4) is 0 Å². The molecule has 3 rings (SSSR count). The highest BCUT2D eigenvalue weighted by Gasteiger charge is 2.17. The normalized spacial score (nSPS) is 11.2. The quantitative estimate of drug-likeness (QED) is 0.255. The summed E-state index contributed by atoms with van der Waals surface area (Å²) in [6.07, 6.45) is 0. The second-order valence-corrected chi connectivity index (χ2v) is 8.20. The maximum absolute atomic E-state index is 11.9. The predicted octanol–water partition coefficient (Wildman–Crippen LogP) is 2.32. The zero-order valence-electron chi connectivity index (χ0n) is 20.1. The fourth-order valence-electron chi connectivity index (χ4n) is 3.51. The smallest absolute Gasteiger partial charge is 0.118 e. The first-order chi connectivity index (χ1) is 17.0. The van der Waals surface area contributed by atoms with Crippen molar-refractivity contribution < 1.29 is 25.5 Å². The lowest BCUT2D eigenvalue weighted by Gasteiger charge is -2.28. The van der Waals surface area contributed by atoms with E-state index < -0.39 is 5.97 Å². The maximum atomic E-state index is 11.9. The number of anilines is 5. The molecule has 0 heterocycles. The molecule has 0 bridgehead atoms. The molecule has 0 spiro atoms. The summed E-state index contributed by atoms with van der Waals surface area (Å²) in [5.41, 5.74) is 5.49. The van der Waals surface area contributed by atoms with Crippen LogP contribution in [0.5, 0.6) is 0 Å². The Balaban J connectivity index is 2.16. The molecule has 190 valence electrons. The Morgan fingerprint density at radius 1 is 0.750 bits per heavy atom. The number of hydrogen-bond acceptors (Lipinski definition) is 12. The number of nitrogens with zero attached hydrogens (tertiary/aromatic N) is 5. The van der Waals surface area contributed by atoms with Gasteiger partial charge in [-0.1, -0.05) is 24.3 Å². The van der Waals surface area contributed by atoms with Crippen LogP contribution in [0.15, 0.2) is 65.8 Å². The van der Waals surface area contributed by atoms with E-state index in [-0.39, 0.29) is 27.4 Å². The number of rotatable bonds is 9. The third-order valence-electron chi connectivity index (χ3n) is 5.30. The van der Waals surface area contributed by atoms with E-state index in [1.165, 1.54) is 36.4 Å². The van der Waals surface area contributed by atoms with Crippen LogP contribution >= 0.6 is 0 Å². The van der Waals surface area contributed by atoms with Gasteiger partial charge in [0.05, 0.1) is 34.4 Å². The Hall–Kier alpha value is -4.36. The van der Waals surface area contributed by atoms with Crippen molar-refractivity contribution in [2.75, 3.05) is 53.9 Å². The van der Waals surface area contributed by atoms with Crippen LogP contribution in [0.3, 0.4) is 0 Å². The molecule has 3 aromatic carbocycles. The standard InChI is InChI=1S/C24H27N6O6/c1-27(2)19-11-7-16(13-21(19)29(33)34)23(26-25-18-9-5-15(6-10-18)24(31)32)17-8-12-20(28(3)4)22(14-17)30(35)36/h5-14,25,33-35H,1-4H3,(H,31,32)/q-1/p-1. The van der Waals surface area contributed by atoms with Crippen molar-refractivity contribution >= 4 is 40.1 Å². The molecule has 0 aliphatic rings. The molecule has 0 saturated carbocycles. The lowest BCUT2D eigenvalue weighted by molar-refractivity contribution is -0.255. The van der Waals surface area contributed by atoms with Gasteiger partial charge < -0.3 is 30.1 Å². The van der Waals surface area contributed by atoms with E-state index in [1.54, 1.807) is 62.3 Å². The van der Waals surface area contributed by atoms with E-state index >= 15 is 0 Å². The van der Waals surface area contributed by atoms with Crippen molar-refractivity contribution in [3.05, 3.63) is 82.6 Å². The molecule has 12 heteroatoms. The van der Waals surface area contributed by atoms with E-state index in [4.69, 9.17) is 0 Å². The molecule has 0 fully saturated rings. The van der Waals surface area contributed by atoms with Gasteiger partial charge in [-0.15, -0.1) is 5.23 Å². The van der Waals surface area contributed by atoms with E-state index in [1.807, 2.05) is 0 Å². The van der Waals surface area contributed by atoms with Crippen LogP contribution in [0.4, 0.5) is 28.4 Å². The molecule has 12 nitrogen and oxygen atoms in total. The van der Waals surface area contributed by atoms with Crippen molar-refractivity contribution in [3.63, 3.8) is 0 Å². The minimum absolute atomic E-state index is 0.00190. The highest BCUT2D eigenvalue weighted by atomic mass is 16.8. The number of carboxylic acid groups (broad SMARTS) is 1. The fourth-order valence-corrected chi connectivity index (χ4v) is 3.51. The van der Waals surface area contributed by atoms with Crippen LogP contribution in [-0.2, 0) is 0 Å². The zero-order chi connectivity index (χ0) is 26.6. The van der Waals surface area contributed by atoms with Crippen LogP contribution in [-0.4, -0.2) is 55.5 Å². The topological polar surface area (TPSA) is 161 Å². The first-order valence-electron chi connectivity index (χ1n) is 10.6. The first-order valence-corrected chi connectivity index (χ1v) is 10.6. The third kappa shape index (κ3) is 5.82. The Bertz CT molecular complexity index is 1190. The largest absolute Gasteiger partial charge is 0.733 e. The molecule has 36 heavy (non-hydrogen) atoms. The number of hydrogen-bond donors (Lipinski definition) is 4. The number of carbonyl (C=O) groups is 1. The Kier molecular flexibility index (Phi) is 7.96. The van der Waals surface area contributed by atoms with Crippen LogP contribution in [0.2, 0.25) is 0 Å². The molecule has 0 radical (unpaired) electrons. The summed E-state index contributed by atoms with van der Waals surface area (Å²) in [6.45, 7) is 0. The van der Waals surface area contributed by atoms with Gasteiger partial charge in [0.15, 0.2) is 0 Å². The van der Waals surface area contributed by atoms with Crippen LogP contribution in [0, 0.1) is 5.21 Å². The minimum atomic E-state index is -1.31. The number of nitrogens with one attached hydrogen (secondary N) is 1. The lowest BCUT2D eigenvalue weighted by Crippen LogP contribution is -2.21. The molecular weight excluding hydrogens is 468 g/mol. The van der Waals surface area contributed by atoms with Gasteiger partial charge in [0, 0.05) is 39.3 Å². The van der Waals surface area contributed by atoms with Gasteiger partial charge in [0.25, 0.3) is 0 Å². The summed E-state index contributed by atoms with van der Waals surface area (Å²) < 4.78 is 0.